The number of aliphatic hydroxyl groups excluding tert-OH is 2. The smallest absolute Gasteiger partial charge is 0.375 e. The molecule has 0 atom stereocenters. The molecule has 0 unspecified atom stereocenters. The Bertz CT molecular complexity index is 730. The van der Waals surface area contributed by atoms with Gasteiger partial charge in [-0.05, 0) is 41.5 Å². The number of allylic oxidation sites excluding steroid dienone is 2. The number of esters is 3. The zero-order chi connectivity index (χ0) is 26.6. The van der Waals surface area contributed by atoms with Crippen LogP contribution in [0.25, 0.3) is 0 Å². The molecule has 0 bridgehead atoms. The van der Waals surface area contributed by atoms with Crippen LogP contribution in [0, 0.1) is 0 Å². The van der Waals surface area contributed by atoms with Gasteiger partial charge in [0.25, 0.3) is 0 Å². The Morgan fingerprint density at radius 1 is 0.606 bits per heavy atom. The molecule has 0 aromatic rings. The minimum atomic E-state index is -0.928. The fourth-order valence-electron chi connectivity index (χ4n) is 1.42. The second-order valence-corrected chi connectivity index (χ2v) is 5.74. The highest BCUT2D eigenvalue weighted by Crippen LogP contribution is 1.93. The average Bonchev–Trinajstić information content (AvgIpc) is 2.68. The predicted octanol–water partition coefficient (Wildman–Crippen LogP) is 1.26. The van der Waals surface area contributed by atoms with E-state index in [1.54, 1.807) is 20.8 Å². The summed E-state index contributed by atoms with van der Waals surface area (Å²) < 4.78 is 13.2. The summed E-state index contributed by atoms with van der Waals surface area (Å²) in [4.78, 5) is 73.3. The van der Waals surface area contributed by atoms with Crippen LogP contribution in [0.3, 0.4) is 0 Å². The molecule has 0 aliphatic heterocycles. The summed E-state index contributed by atoms with van der Waals surface area (Å²) in [7, 11) is 0. The van der Waals surface area contributed by atoms with Crippen molar-refractivity contribution in [3.63, 3.8) is 0 Å². The van der Waals surface area contributed by atoms with E-state index in [4.69, 9.17) is 10.2 Å². The van der Waals surface area contributed by atoms with Gasteiger partial charge >= 0.3 is 17.9 Å². The Labute approximate surface area is 191 Å². The fourth-order valence-corrected chi connectivity index (χ4v) is 1.42. The van der Waals surface area contributed by atoms with Crippen LogP contribution >= 0.6 is 0 Å². The van der Waals surface area contributed by atoms with Gasteiger partial charge in [0.1, 0.15) is 5.78 Å². The van der Waals surface area contributed by atoms with Crippen LogP contribution in [0.2, 0.25) is 0 Å². The molecule has 2 N–H and O–H groups in total. The number of hydrogen-bond donors (Lipinski definition) is 2. The first-order valence-corrected chi connectivity index (χ1v) is 9.59. The highest BCUT2D eigenvalue weighted by Gasteiger charge is 2.16. The molecule has 33 heavy (non-hydrogen) atoms. The first-order chi connectivity index (χ1) is 15.2. The minimum Gasteiger partial charge on any atom is -0.502 e. The van der Waals surface area contributed by atoms with Crippen LogP contribution in [0.15, 0.2) is 23.7 Å². The first kappa shape index (κ1) is 33.8. The largest absolute Gasteiger partial charge is 0.502 e. The van der Waals surface area contributed by atoms with Crippen LogP contribution in [-0.2, 0) is 47.8 Å². The number of carbonyl (C=O) groups is 7. The molecule has 0 radical (unpaired) electrons. The topological polar surface area (TPSA) is 188 Å². The van der Waals surface area contributed by atoms with E-state index in [9.17, 15) is 33.6 Å². The lowest BCUT2D eigenvalue weighted by Gasteiger charge is -1.97. The fraction of sp³-hybridized carbons (Fsp3) is 0.476. The molecule has 0 aromatic heterocycles. The van der Waals surface area contributed by atoms with E-state index in [-0.39, 0.29) is 32.0 Å². The third-order valence-electron chi connectivity index (χ3n) is 2.56. The third-order valence-corrected chi connectivity index (χ3v) is 2.56. The maximum absolute atomic E-state index is 10.6. The van der Waals surface area contributed by atoms with Crippen LogP contribution < -0.4 is 0 Å². The first-order valence-electron chi connectivity index (χ1n) is 9.59. The Morgan fingerprint density at radius 3 is 1.15 bits per heavy atom. The number of rotatable bonds is 10. The summed E-state index contributed by atoms with van der Waals surface area (Å²) in [6.07, 6.45) is 1.27. The maximum atomic E-state index is 10.6. The number of ether oxygens (including phenoxy) is 3. The Hall–Kier alpha value is -3.83. The average molecular weight is 474 g/mol. The van der Waals surface area contributed by atoms with E-state index in [2.05, 4.69) is 14.2 Å². The van der Waals surface area contributed by atoms with Gasteiger partial charge in [0.2, 0.25) is 17.3 Å². The molecule has 0 amide bonds. The molecule has 0 aliphatic carbocycles. The summed E-state index contributed by atoms with van der Waals surface area (Å²) in [5, 5.41) is 17.6. The lowest BCUT2D eigenvalue weighted by Crippen LogP contribution is -2.19. The molecule has 0 saturated heterocycles. The van der Waals surface area contributed by atoms with Gasteiger partial charge in [-0.2, -0.15) is 0 Å². The second kappa shape index (κ2) is 20.1. The molecule has 0 rings (SSSR count). The number of carbonyl (C=O) groups excluding carboxylic acids is 7. The van der Waals surface area contributed by atoms with Gasteiger partial charge in [-0.15, -0.1) is 0 Å². The van der Waals surface area contributed by atoms with Gasteiger partial charge in [-0.1, -0.05) is 0 Å². The number of Topliss-reactive ketones (excluding diaryl/α,β-unsaturated/α-hetero) is 2. The summed E-state index contributed by atoms with van der Waals surface area (Å²) in [5.74, 6) is -5.87. The van der Waals surface area contributed by atoms with E-state index < -0.39 is 46.8 Å². The van der Waals surface area contributed by atoms with Crippen molar-refractivity contribution in [1.29, 1.82) is 0 Å². The second-order valence-electron chi connectivity index (χ2n) is 5.74. The number of ketones is 4. The molecular formula is C21H30O12. The van der Waals surface area contributed by atoms with Gasteiger partial charge in [0, 0.05) is 12.2 Å². The van der Waals surface area contributed by atoms with Crippen LogP contribution in [-0.4, -0.2) is 71.1 Å². The van der Waals surface area contributed by atoms with E-state index in [1.807, 2.05) is 0 Å². The Kier molecular flexibility index (Phi) is 20.6. The van der Waals surface area contributed by atoms with Crippen molar-refractivity contribution in [3.05, 3.63) is 23.7 Å². The van der Waals surface area contributed by atoms with Gasteiger partial charge < -0.3 is 24.4 Å². The van der Waals surface area contributed by atoms with E-state index in [0.29, 0.717) is 0 Å². The molecule has 12 nitrogen and oxygen atoms in total. The highest BCUT2D eigenvalue weighted by atomic mass is 16.6. The molecule has 0 fully saturated rings. The molecule has 0 saturated carbocycles. The van der Waals surface area contributed by atoms with Crippen molar-refractivity contribution >= 4 is 41.0 Å². The minimum absolute atomic E-state index is 0.155. The van der Waals surface area contributed by atoms with Gasteiger partial charge in [-0.25, -0.2) is 14.4 Å². The Morgan fingerprint density at radius 2 is 0.909 bits per heavy atom. The quantitative estimate of drug-likeness (QED) is 0.115. The SMILES string of the molecule is CCOC(=O)/C(O)=C/C(C)=O.CCOC(=O)C(=O)CC(C)=O.CCOC(=O)C(O)=CC(C)=O. The normalized spacial score (nSPS) is 10.2. The van der Waals surface area contributed by atoms with Crippen molar-refractivity contribution in [1.82, 2.24) is 0 Å². The molecule has 0 aliphatic rings. The summed E-state index contributed by atoms with van der Waals surface area (Å²) in [6, 6.07) is 0. The van der Waals surface area contributed by atoms with Crippen molar-refractivity contribution in [2.45, 2.75) is 48.0 Å². The summed E-state index contributed by atoms with van der Waals surface area (Å²) in [6.45, 7) is 9.03. The van der Waals surface area contributed by atoms with Crippen LogP contribution in [0.5, 0.6) is 0 Å². The van der Waals surface area contributed by atoms with E-state index in [0.717, 1.165) is 12.2 Å². The van der Waals surface area contributed by atoms with E-state index in [1.165, 1.54) is 20.8 Å². The van der Waals surface area contributed by atoms with Crippen molar-refractivity contribution in [2.75, 3.05) is 19.8 Å². The van der Waals surface area contributed by atoms with Gasteiger partial charge in [0.15, 0.2) is 11.6 Å². The molecule has 12 heteroatoms. The van der Waals surface area contributed by atoms with Crippen LogP contribution in [0.1, 0.15) is 48.0 Å². The maximum Gasteiger partial charge on any atom is 0.375 e. The summed E-state index contributed by atoms with van der Waals surface area (Å²) >= 11 is 0. The van der Waals surface area contributed by atoms with Crippen molar-refractivity contribution in [3.8, 4) is 0 Å². The molecule has 186 valence electrons. The number of aliphatic hydroxyl groups is 2. The number of hydrogen-bond acceptors (Lipinski definition) is 12. The van der Waals surface area contributed by atoms with Crippen molar-refractivity contribution in [2.24, 2.45) is 0 Å². The van der Waals surface area contributed by atoms with Gasteiger partial charge in [0.05, 0.1) is 26.2 Å². The van der Waals surface area contributed by atoms with Crippen LogP contribution in [0.4, 0.5) is 0 Å². The van der Waals surface area contributed by atoms with Gasteiger partial charge in [-0.3, -0.25) is 19.2 Å². The molecule has 0 aromatic carbocycles. The molecular weight excluding hydrogens is 444 g/mol. The predicted molar refractivity (Wildman–Crippen MR) is 113 cm³/mol. The molecule has 0 spiro atoms. The zero-order valence-electron chi connectivity index (χ0n) is 19.5. The standard InChI is InChI=1S/3C7H10O4/c3*1-3-11-7(10)6(9)4-5(2)8/h3-4H2,1-2H3;2*4,9H,3H2,1-2H3/b;6-4-;. The lowest BCUT2D eigenvalue weighted by atomic mass is 10.2. The van der Waals surface area contributed by atoms with E-state index >= 15 is 0 Å². The zero-order valence-corrected chi connectivity index (χ0v) is 19.5. The lowest BCUT2D eigenvalue weighted by molar-refractivity contribution is -0.154. The Balaban J connectivity index is -0.000000409. The van der Waals surface area contributed by atoms with Crippen molar-refractivity contribution < 1.29 is 58.0 Å². The third kappa shape index (κ3) is 22.7. The monoisotopic (exact) mass is 474 g/mol. The molecule has 0 heterocycles. The highest BCUT2D eigenvalue weighted by molar-refractivity contribution is 6.36. The summed E-state index contributed by atoms with van der Waals surface area (Å²) in [5.41, 5.74) is 0.